The zero-order valence-corrected chi connectivity index (χ0v) is 19.9. The van der Waals surface area contributed by atoms with Crippen molar-refractivity contribution in [2.24, 2.45) is 0 Å². The van der Waals surface area contributed by atoms with E-state index in [0.717, 1.165) is 11.3 Å². The lowest BCUT2D eigenvalue weighted by atomic mass is 10.0. The summed E-state index contributed by atoms with van der Waals surface area (Å²) in [5.74, 6) is 0.257. The van der Waals surface area contributed by atoms with Crippen molar-refractivity contribution in [1.29, 1.82) is 0 Å². The number of benzene rings is 3. The second-order valence-corrected chi connectivity index (χ2v) is 8.22. The summed E-state index contributed by atoms with van der Waals surface area (Å²) in [4.78, 5) is 24.3. The van der Waals surface area contributed by atoms with E-state index in [2.05, 4.69) is 29.8 Å². The molecule has 34 heavy (non-hydrogen) atoms. The van der Waals surface area contributed by atoms with Gasteiger partial charge in [0.15, 0.2) is 5.11 Å². The van der Waals surface area contributed by atoms with E-state index in [-0.39, 0.29) is 28.3 Å². The number of ether oxygens (including phenoxy) is 1. The predicted octanol–water partition coefficient (Wildman–Crippen LogP) is 5.39. The van der Waals surface area contributed by atoms with Crippen LogP contribution in [-0.4, -0.2) is 23.1 Å². The number of thiocarbonyl (C=S) groups is 1. The van der Waals surface area contributed by atoms with Crippen molar-refractivity contribution in [3.05, 3.63) is 94.0 Å². The number of rotatable bonds is 8. The molecule has 0 aliphatic carbocycles. The number of nitro groups is 1. The Morgan fingerprint density at radius 2 is 1.65 bits per heavy atom. The lowest BCUT2D eigenvalue weighted by molar-refractivity contribution is -0.384. The lowest BCUT2D eigenvalue weighted by Crippen LogP contribution is -2.39. The van der Waals surface area contributed by atoms with Crippen LogP contribution in [0.2, 0.25) is 0 Å². The van der Waals surface area contributed by atoms with E-state index >= 15 is 0 Å². The first-order valence-electron chi connectivity index (χ1n) is 10.6. The van der Waals surface area contributed by atoms with Gasteiger partial charge in [0, 0.05) is 5.69 Å². The maximum atomic E-state index is 13.3. The van der Waals surface area contributed by atoms with Crippen LogP contribution in [0.5, 0.6) is 5.75 Å². The molecule has 0 aromatic heterocycles. The lowest BCUT2D eigenvalue weighted by Gasteiger charge is -2.22. The highest BCUT2D eigenvalue weighted by atomic mass is 32.1. The highest BCUT2D eigenvalue weighted by Gasteiger charge is 2.24. The van der Waals surface area contributed by atoms with Gasteiger partial charge in [0.2, 0.25) is 0 Å². The molecule has 0 radical (unpaired) electrons. The number of methoxy groups -OCH3 is 1. The largest absolute Gasteiger partial charge is 0.496 e. The number of hydrogen-bond donors (Lipinski definition) is 3. The van der Waals surface area contributed by atoms with Crippen LogP contribution in [0.1, 0.15) is 36.9 Å². The van der Waals surface area contributed by atoms with E-state index in [1.54, 1.807) is 6.07 Å². The van der Waals surface area contributed by atoms with Crippen LogP contribution >= 0.6 is 12.2 Å². The normalized spacial score (nSPS) is 11.4. The maximum Gasteiger partial charge on any atom is 0.296 e. The average Bonchev–Trinajstić information content (AvgIpc) is 2.83. The number of nitrogens with zero attached hydrogens (tertiary/aromatic N) is 1. The minimum Gasteiger partial charge on any atom is -0.496 e. The summed E-state index contributed by atoms with van der Waals surface area (Å²) in [6.07, 6.45) is 0. The molecule has 3 N–H and O–H groups in total. The molecule has 0 fully saturated rings. The maximum absolute atomic E-state index is 13.3. The van der Waals surface area contributed by atoms with Gasteiger partial charge in [-0.1, -0.05) is 62.4 Å². The smallest absolute Gasteiger partial charge is 0.296 e. The molecule has 0 heterocycles. The standard InChI is InChI=1S/C25H26N4O4S/c1-16(2)19-11-7-8-12-20(19)26-24(30)23(17-9-5-4-6-10-17)28-25(34)27-21-14-13-18(33-3)15-22(21)29(31)32/h4-16,23H,1-3H3,(H,26,30)(H2,27,28,34). The van der Waals surface area contributed by atoms with Gasteiger partial charge in [0.1, 0.15) is 17.5 Å². The minimum atomic E-state index is -0.835. The van der Waals surface area contributed by atoms with Crippen molar-refractivity contribution in [2.75, 3.05) is 17.7 Å². The number of anilines is 2. The molecule has 8 nitrogen and oxygen atoms in total. The highest BCUT2D eigenvalue weighted by Crippen LogP contribution is 2.29. The van der Waals surface area contributed by atoms with E-state index < -0.39 is 11.0 Å². The molecule has 3 aromatic rings. The molecule has 0 aliphatic heterocycles. The molecule has 176 valence electrons. The van der Waals surface area contributed by atoms with Gasteiger partial charge in [0.25, 0.3) is 11.6 Å². The Hall–Kier alpha value is -3.98. The molecule has 0 bridgehead atoms. The average molecular weight is 479 g/mol. The van der Waals surface area contributed by atoms with Crippen LogP contribution in [0.3, 0.4) is 0 Å². The van der Waals surface area contributed by atoms with Gasteiger partial charge in [-0.25, -0.2) is 0 Å². The Bertz CT molecular complexity index is 1180. The monoisotopic (exact) mass is 478 g/mol. The van der Waals surface area contributed by atoms with Crippen molar-refractivity contribution in [3.8, 4) is 5.75 Å². The summed E-state index contributed by atoms with van der Waals surface area (Å²) in [5, 5.41) is 20.4. The molecule has 0 aliphatic rings. The van der Waals surface area contributed by atoms with Crippen LogP contribution in [0.4, 0.5) is 17.1 Å². The highest BCUT2D eigenvalue weighted by molar-refractivity contribution is 7.80. The van der Waals surface area contributed by atoms with E-state index in [1.165, 1.54) is 19.2 Å². The number of para-hydroxylation sites is 1. The minimum absolute atomic E-state index is 0.0643. The van der Waals surface area contributed by atoms with Gasteiger partial charge in [0.05, 0.1) is 18.1 Å². The number of carbonyl (C=O) groups is 1. The Labute approximate surface area is 203 Å². The van der Waals surface area contributed by atoms with Gasteiger partial charge in [-0.15, -0.1) is 0 Å². The van der Waals surface area contributed by atoms with E-state index in [0.29, 0.717) is 11.3 Å². The SMILES string of the molecule is COc1ccc(NC(=S)NC(C(=O)Nc2ccccc2C(C)C)c2ccccc2)c([N+](=O)[O-])c1. The molecule has 0 spiro atoms. The third-order valence-corrected chi connectivity index (χ3v) is 5.38. The number of nitrogens with one attached hydrogen (secondary N) is 3. The first kappa shape index (κ1) is 24.7. The summed E-state index contributed by atoms with van der Waals surface area (Å²) >= 11 is 5.41. The van der Waals surface area contributed by atoms with Gasteiger partial charge >= 0.3 is 0 Å². The second kappa shape index (κ2) is 11.2. The van der Waals surface area contributed by atoms with Crippen molar-refractivity contribution in [2.45, 2.75) is 25.8 Å². The summed E-state index contributed by atoms with van der Waals surface area (Å²) in [6.45, 7) is 4.11. The van der Waals surface area contributed by atoms with Crippen molar-refractivity contribution >= 4 is 40.3 Å². The summed E-state index contributed by atoms with van der Waals surface area (Å²) in [5.41, 5.74) is 2.40. The molecule has 0 saturated heterocycles. The number of carbonyl (C=O) groups excluding carboxylic acids is 1. The molecule has 0 saturated carbocycles. The van der Waals surface area contributed by atoms with Gasteiger partial charge in [-0.2, -0.15) is 0 Å². The first-order chi connectivity index (χ1) is 16.3. The van der Waals surface area contributed by atoms with Crippen LogP contribution < -0.4 is 20.7 Å². The van der Waals surface area contributed by atoms with Crippen LogP contribution in [-0.2, 0) is 4.79 Å². The summed E-state index contributed by atoms with van der Waals surface area (Å²) in [6, 6.07) is 20.3. The molecule has 9 heteroatoms. The zero-order valence-electron chi connectivity index (χ0n) is 19.1. The first-order valence-corrected chi connectivity index (χ1v) is 11.1. The zero-order chi connectivity index (χ0) is 24.7. The van der Waals surface area contributed by atoms with Crippen molar-refractivity contribution in [3.63, 3.8) is 0 Å². The summed E-state index contributed by atoms with van der Waals surface area (Å²) in [7, 11) is 1.43. The molecular weight excluding hydrogens is 452 g/mol. The van der Waals surface area contributed by atoms with Crippen LogP contribution in [0, 0.1) is 10.1 Å². The molecule has 3 aromatic carbocycles. The quantitative estimate of drug-likeness (QED) is 0.226. The van der Waals surface area contributed by atoms with Crippen LogP contribution in [0.15, 0.2) is 72.8 Å². The van der Waals surface area contributed by atoms with Crippen molar-refractivity contribution in [1.82, 2.24) is 5.32 Å². The Kier molecular flexibility index (Phi) is 8.15. The molecule has 1 atom stereocenters. The number of hydrogen-bond acceptors (Lipinski definition) is 5. The Morgan fingerprint density at radius 3 is 2.29 bits per heavy atom. The summed E-state index contributed by atoms with van der Waals surface area (Å²) < 4.78 is 5.07. The fourth-order valence-electron chi connectivity index (χ4n) is 3.45. The van der Waals surface area contributed by atoms with Gasteiger partial charge in [-0.3, -0.25) is 14.9 Å². The molecular formula is C25H26N4O4S. The third kappa shape index (κ3) is 6.08. The molecule has 3 rings (SSSR count). The van der Waals surface area contributed by atoms with E-state index in [1.807, 2.05) is 54.6 Å². The molecule has 1 unspecified atom stereocenters. The van der Waals surface area contributed by atoms with E-state index in [4.69, 9.17) is 17.0 Å². The molecule has 1 amide bonds. The topological polar surface area (TPSA) is 106 Å². The van der Waals surface area contributed by atoms with E-state index in [9.17, 15) is 14.9 Å². The van der Waals surface area contributed by atoms with Crippen LogP contribution in [0.25, 0.3) is 0 Å². The third-order valence-electron chi connectivity index (χ3n) is 5.16. The fraction of sp³-hybridized carbons (Fsp3) is 0.200. The Morgan fingerprint density at radius 1 is 0.971 bits per heavy atom. The Balaban J connectivity index is 1.85. The fourth-order valence-corrected chi connectivity index (χ4v) is 3.68. The second-order valence-electron chi connectivity index (χ2n) is 7.81. The number of nitro benzene ring substituents is 1. The predicted molar refractivity (Wildman–Crippen MR) is 137 cm³/mol. The number of amides is 1. The van der Waals surface area contributed by atoms with Crippen molar-refractivity contribution < 1.29 is 14.5 Å². The van der Waals surface area contributed by atoms with Gasteiger partial charge < -0.3 is 20.7 Å². The van der Waals surface area contributed by atoms with Gasteiger partial charge in [-0.05, 0) is 47.5 Å².